The first kappa shape index (κ1) is 6.12. The summed E-state index contributed by atoms with van der Waals surface area (Å²) in [5.74, 6) is 0. The maximum atomic E-state index is 4.17. The predicted octanol–water partition coefficient (Wildman–Crippen LogP) is 1.41. The second-order valence-electron chi connectivity index (χ2n) is 2.07. The molecule has 1 aliphatic rings. The average Bonchev–Trinajstić information content (AvgIpc) is 2.34. The van der Waals surface area contributed by atoms with E-state index >= 15 is 0 Å². The summed E-state index contributed by atoms with van der Waals surface area (Å²) in [5.41, 5.74) is 8.04. The minimum atomic E-state index is 0.142. The fourth-order valence-electron chi connectivity index (χ4n) is 0.935. The summed E-state index contributed by atoms with van der Waals surface area (Å²) in [5, 5.41) is 0. The summed E-state index contributed by atoms with van der Waals surface area (Å²) < 4.78 is 0. The molecule has 52 valence electrons. The van der Waals surface area contributed by atoms with Crippen LogP contribution < -0.4 is 10.9 Å². The molecule has 0 saturated heterocycles. The first-order valence-electron chi connectivity index (χ1n) is 2.98. The molecule has 1 aliphatic heterocycles. The molecule has 0 saturated carbocycles. The molecule has 3 nitrogen and oxygen atoms in total. The van der Waals surface area contributed by atoms with Crippen LogP contribution in [0.3, 0.4) is 0 Å². The molecule has 0 bridgehead atoms. The van der Waals surface area contributed by atoms with Crippen molar-refractivity contribution in [1.82, 2.24) is 10.4 Å². The zero-order valence-electron chi connectivity index (χ0n) is 5.13. The van der Waals surface area contributed by atoms with Crippen LogP contribution in [0.25, 0.3) is 0 Å². The highest BCUT2D eigenvalue weighted by Gasteiger charge is 2.18. The SMILES string of the molecule is BrC1NNc2cccnc21. The Kier molecular flexibility index (Phi) is 1.35. The molecule has 1 aromatic heterocycles. The molecule has 10 heavy (non-hydrogen) atoms. The van der Waals surface area contributed by atoms with Crippen LogP contribution in [-0.2, 0) is 0 Å². The Morgan fingerprint density at radius 2 is 2.50 bits per heavy atom. The van der Waals surface area contributed by atoms with Crippen molar-refractivity contribution < 1.29 is 0 Å². The van der Waals surface area contributed by atoms with Crippen molar-refractivity contribution in [2.75, 3.05) is 5.43 Å². The van der Waals surface area contributed by atoms with E-state index in [-0.39, 0.29) is 4.95 Å². The number of fused-ring (bicyclic) bond motifs is 1. The lowest BCUT2D eigenvalue weighted by Crippen LogP contribution is -2.13. The molecule has 0 radical (unpaired) electrons. The van der Waals surface area contributed by atoms with Crippen LogP contribution in [0, 0.1) is 0 Å². The van der Waals surface area contributed by atoms with Crippen molar-refractivity contribution in [3.8, 4) is 0 Å². The molecule has 0 spiro atoms. The van der Waals surface area contributed by atoms with Gasteiger partial charge < -0.3 is 5.43 Å². The van der Waals surface area contributed by atoms with Gasteiger partial charge in [-0.15, -0.1) is 0 Å². The van der Waals surface area contributed by atoms with Gasteiger partial charge in [-0.2, -0.15) is 0 Å². The highest BCUT2D eigenvalue weighted by molar-refractivity contribution is 9.09. The lowest BCUT2D eigenvalue weighted by atomic mass is 10.3. The number of hydrogen-bond acceptors (Lipinski definition) is 3. The monoisotopic (exact) mass is 199 g/mol. The third kappa shape index (κ3) is 0.803. The second kappa shape index (κ2) is 2.21. The summed E-state index contributed by atoms with van der Waals surface area (Å²) in [6, 6.07) is 3.88. The number of nitrogens with one attached hydrogen (secondary N) is 2. The number of anilines is 1. The maximum absolute atomic E-state index is 4.17. The number of hydrogen-bond donors (Lipinski definition) is 2. The normalized spacial score (nSPS) is 21.9. The smallest absolute Gasteiger partial charge is 0.125 e. The summed E-state index contributed by atoms with van der Waals surface area (Å²) in [6.45, 7) is 0. The van der Waals surface area contributed by atoms with Gasteiger partial charge >= 0.3 is 0 Å². The van der Waals surface area contributed by atoms with Crippen LogP contribution >= 0.6 is 15.9 Å². The van der Waals surface area contributed by atoms with Crippen molar-refractivity contribution in [3.63, 3.8) is 0 Å². The van der Waals surface area contributed by atoms with Crippen molar-refractivity contribution in [1.29, 1.82) is 0 Å². The van der Waals surface area contributed by atoms with Gasteiger partial charge in [0.2, 0.25) is 0 Å². The second-order valence-corrected chi connectivity index (χ2v) is 2.98. The molecular formula is C6H6BrN3. The van der Waals surface area contributed by atoms with Gasteiger partial charge in [0, 0.05) is 6.20 Å². The third-order valence-electron chi connectivity index (χ3n) is 1.41. The van der Waals surface area contributed by atoms with Gasteiger partial charge in [0.1, 0.15) is 4.95 Å². The molecule has 1 unspecified atom stereocenters. The molecule has 4 heteroatoms. The first-order chi connectivity index (χ1) is 4.88. The molecule has 1 atom stereocenters. The number of aromatic nitrogens is 1. The van der Waals surface area contributed by atoms with Crippen LogP contribution in [0.15, 0.2) is 18.3 Å². The Labute approximate surface area is 66.9 Å². The number of pyridine rings is 1. The van der Waals surface area contributed by atoms with Gasteiger partial charge in [-0.05, 0) is 12.1 Å². The minimum Gasteiger partial charge on any atom is -0.318 e. The largest absolute Gasteiger partial charge is 0.318 e. The highest BCUT2D eigenvalue weighted by Crippen LogP contribution is 2.29. The van der Waals surface area contributed by atoms with E-state index < -0.39 is 0 Å². The molecule has 0 amide bonds. The lowest BCUT2D eigenvalue weighted by Gasteiger charge is -1.95. The van der Waals surface area contributed by atoms with Crippen molar-refractivity contribution in [2.45, 2.75) is 4.95 Å². The highest BCUT2D eigenvalue weighted by atomic mass is 79.9. The van der Waals surface area contributed by atoms with Gasteiger partial charge in [-0.25, -0.2) is 5.43 Å². The van der Waals surface area contributed by atoms with E-state index in [1.165, 1.54) is 0 Å². The quantitative estimate of drug-likeness (QED) is 0.491. The molecule has 2 rings (SSSR count). The van der Waals surface area contributed by atoms with E-state index in [9.17, 15) is 0 Å². The molecule has 0 fully saturated rings. The van der Waals surface area contributed by atoms with E-state index in [1.54, 1.807) is 6.20 Å². The molecule has 0 aromatic carbocycles. The summed E-state index contributed by atoms with van der Waals surface area (Å²) in [4.78, 5) is 4.31. The molecule has 2 N–H and O–H groups in total. The van der Waals surface area contributed by atoms with Crippen molar-refractivity contribution in [2.24, 2.45) is 0 Å². The standard InChI is InChI=1S/C6H6BrN3/c7-6-5-4(9-10-6)2-1-3-8-5/h1-3,6,9-10H. The van der Waals surface area contributed by atoms with Crippen LogP contribution in [0.5, 0.6) is 0 Å². The van der Waals surface area contributed by atoms with E-state index in [1.807, 2.05) is 12.1 Å². The van der Waals surface area contributed by atoms with Gasteiger partial charge in [0.25, 0.3) is 0 Å². The molecular weight excluding hydrogens is 194 g/mol. The number of alkyl halides is 1. The average molecular weight is 200 g/mol. The number of nitrogens with zero attached hydrogens (tertiary/aromatic N) is 1. The summed E-state index contributed by atoms with van der Waals surface area (Å²) >= 11 is 3.40. The van der Waals surface area contributed by atoms with E-state index in [2.05, 4.69) is 31.8 Å². The summed E-state index contributed by atoms with van der Waals surface area (Å²) in [7, 11) is 0. The van der Waals surface area contributed by atoms with Crippen LogP contribution in [0.2, 0.25) is 0 Å². The Bertz CT molecular complexity index is 251. The number of halogens is 1. The van der Waals surface area contributed by atoms with E-state index in [4.69, 9.17) is 0 Å². The van der Waals surface area contributed by atoms with Crippen LogP contribution in [-0.4, -0.2) is 4.98 Å². The van der Waals surface area contributed by atoms with E-state index in [0.29, 0.717) is 0 Å². The van der Waals surface area contributed by atoms with Crippen molar-refractivity contribution in [3.05, 3.63) is 24.0 Å². The Balaban J connectivity index is 2.51. The first-order valence-corrected chi connectivity index (χ1v) is 3.90. The predicted molar refractivity (Wildman–Crippen MR) is 42.7 cm³/mol. The van der Waals surface area contributed by atoms with E-state index in [0.717, 1.165) is 11.4 Å². The number of rotatable bonds is 0. The fourth-order valence-corrected chi connectivity index (χ4v) is 1.41. The Morgan fingerprint density at radius 1 is 1.60 bits per heavy atom. The molecule has 0 aliphatic carbocycles. The third-order valence-corrected chi connectivity index (χ3v) is 2.07. The van der Waals surface area contributed by atoms with Gasteiger partial charge in [-0.3, -0.25) is 4.98 Å². The van der Waals surface area contributed by atoms with Gasteiger partial charge in [-0.1, -0.05) is 15.9 Å². The van der Waals surface area contributed by atoms with Crippen LogP contribution in [0.4, 0.5) is 5.69 Å². The van der Waals surface area contributed by atoms with Crippen molar-refractivity contribution >= 4 is 21.6 Å². The van der Waals surface area contributed by atoms with Crippen LogP contribution in [0.1, 0.15) is 10.6 Å². The fraction of sp³-hybridized carbons (Fsp3) is 0.167. The lowest BCUT2D eigenvalue weighted by molar-refractivity contribution is 0.831. The van der Waals surface area contributed by atoms with Gasteiger partial charge in [0.15, 0.2) is 0 Å². The minimum absolute atomic E-state index is 0.142. The molecule has 2 heterocycles. The maximum Gasteiger partial charge on any atom is 0.125 e. The number of hydrazine groups is 1. The Hall–Kier alpha value is -0.610. The van der Waals surface area contributed by atoms with Gasteiger partial charge in [0.05, 0.1) is 11.4 Å². The summed E-state index contributed by atoms with van der Waals surface area (Å²) in [6.07, 6.45) is 1.78. The zero-order valence-corrected chi connectivity index (χ0v) is 6.72. The topological polar surface area (TPSA) is 37.0 Å². The Morgan fingerprint density at radius 3 is 3.30 bits per heavy atom. The zero-order chi connectivity index (χ0) is 6.97. The molecule has 1 aromatic rings.